The lowest BCUT2D eigenvalue weighted by Gasteiger charge is -2.17. The molecule has 1 unspecified atom stereocenters. The maximum Gasteiger partial charge on any atom is 0.408 e. The fraction of sp³-hybridized carbons (Fsp3) is 0.333. The van der Waals surface area contributed by atoms with Crippen LogP contribution in [0.2, 0.25) is 0 Å². The molecule has 3 amide bonds. The quantitative estimate of drug-likeness (QED) is 0.544. The number of esters is 1. The normalized spacial score (nSPS) is 11.0. The Morgan fingerprint density at radius 1 is 1.12 bits per heavy atom. The fourth-order valence-corrected chi connectivity index (χ4v) is 1.59. The third kappa shape index (κ3) is 7.78. The molecule has 0 saturated carbocycles. The van der Waals surface area contributed by atoms with Crippen LogP contribution in [0.4, 0.5) is 4.79 Å². The van der Waals surface area contributed by atoms with Gasteiger partial charge in [-0.15, -0.1) is 0 Å². The third-order valence-electron chi connectivity index (χ3n) is 2.71. The van der Waals surface area contributed by atoms with E-state index in [4.69, 9.17) is 15.2 Å². The van der Waals surface area contributed by atoms with Gasteiger partial charge in [-0.25, -0.2) is 4.79 Å². The molecule has 0 aliphatic carbocycles. The molecule has 0 fully saturated rings. The Kier molecular flexibility index (Phi) is 7.76. The monoisotopic (exact) mass is 337 g/mol. The van der Waals surface area contributed by atoms with Crippen molar-refractivity contribution >= 4 is 23.9 Å². The summed E-state index contributed by atoms with van der Waals surface area (Å²) in [6, 6.07) is 7.72. The van der Waals surface area contributed by atoms with E-state index >= 15 is 0 Å². The zero-order chi connectivity index (χ0) is 17.9. The topological polar surface area (TPSA) is 137 Å². The molecule has 0 heterocycles. The van der Waals surface area contributed by atoms with Crippen LogP contribution < -0.4 is 16.4 Å². The van der Waals surface area contributed by atoms with E-state index in [1.807, 2.05) is 6.07 Å². The van der Waals surface area contributed by atoms with Gasteiger partial charge in [-0.1, -0.05) is 30.3 Å². The number of carbonyl (C=O) groups is 4. The van der Waals surface area contributed by atoms with Crippen LogP contribution in [0.1, 0.15) is 12.5 Å². The van der Waals surface area contributed by atoms with Crippen LogP contribution in [-0.2, 0) is 30.5 Å². The molecule has 0 bridgehead atoms. The molecular weight excluding hydrogens is 318 g/mol. The van der Waals surface area contributed by atoms with Crippen LogP contribution in [0, 0.1) is 0 Å². The number of alkyl carbamates (subject to hydrolysis) is 1. The Morgan fingerprint density at radius 3 is 2.38 bits per heavy atom. The van der Waals surface area contributed by atoms with Gasteiger partial charge in [0.25, 0.3) is 0 Å². The molecule has 130 valence electrons. The van der Waals surface area contributed by atoms with Gasteiger partial charge < -0.3 is 25.8 Å². The Hall–Kier alpha value is -3.10. The van der Waals surface area contributed by atoms with Crippen LogP contribution in [-0.4, -0.2) is 43.1 Å². The molecule has 0 saturated heterocycles. The maximum atomic E-state index is 11.9. The molecule has 0 aromatic heterocycles. The molecule has 24 heavy (non-hydrogen) atoms. The molecule has 1 aromatic rings. The van der Waals surface area contributed by atoms with E-state index in [9.17, 15) is 19.2 Å². The van der Waals surface area contributed by atoms with E-state index in [-0.39, 0.29) is 6.61 Å². The maximum absolute atomic E-state index is 11.9. The Balaban J connectivity index is 2.55. The van der Waals surface area contributed by atoms with Gasteiger partial charge in [0.05, 0.1) is 6.54 Å². The molecular formula is C15H19N3O6. The van der Waals surface area contributed by atoms with Crippen LogP contribution in [0.3, 0.4) is 0 Å². The van der Waals surface area contributed by atoms with E-state index in [0.29, 0.717) is 0 Å². The molecule has 1 aromatic carbocycles. The number of rotatable bonds is 8. The Bertz CT molecular complexity index is 590. The predicted octanol–water partition coefficient (Wildman–Crippen LogP) is -0.554. The number of nitrogens with one attached hydrogen (secondary N) is 2. The van der Waals surface area contributed by atoms with Gasteiger partial charge >= 0.3 is 12.1 Å². The second-order valence-electron chi connectivity index (χ2n) is 4.75. The molecule has 0 aliphatic heterocycles. The molecule has 0 aliphatic rings. The second kappa shape index (κ2) is 9.82. The average Bonchev–Trinajstić information content (AvgIpc) is 2.55. The zero-order valence-electron chi connectivity index (χ0n) is 13.1. The smallest absolute Gasteiger partial charge is 0.408 e. The first-order valence-corrected chi connectivity index (χ1v) is 7.05. The van der Waals surface area contributed by atoms with Gasteiger partial charge in [0.2, 0.25) is 11.8 Å². The summed E-state index contributed by atoms with van der Waals surface area (Å²) in [6.45, 7) is 0.360. The first-order valence-electron chi connectivity index (χ1n) is 7.05. The van der Waals surface area contributed by atoms with Gasteiger partial charge in [-0.2, -0.15) is 0 Å². The van der Waals surface area contributed by atoms with Crippen molar-refractivity contribution in [3.63, 3.8) is 0 Å². The highest BCUT2D eigenvalue weighted by molar-refractivity contribution is 5.89. The molecule has 0 spiro atoms. The molecule has 1 rings (SSSR count). The van der Waals surface area contributed by atoms with Crippen LogP contribution in [0.25, 0.3) is 0 Å². The van der Waals surface area contributed by atoms with Crippen molar-refractivity contribution in [2.45, 2.75) is 19.6 Å². The van der Waals surface area contributed by atoms with Gasteiger partial charge in [0, 0.05) is 6.92 Å². The minimum atomic E-state index is -1.21. The number of ether oxygens (including phenoxy) is 2. The molecule has 1 atom stereocenters. The van der Waals surface area contributed by atoms with Gasteiger partial charge in [-0.3, -0.25) is 14.4 Å². The largest absolute Gasteiger partial charge is 0.463 e. The van der Waals surface area contributed by atoms with Crippen molar-refractivity contribution in [3.8, 4) is 0 Å². The highest BCUT2D eigenvalue weighted by Crippen LogP contribution is 2.01. The number of hydrogen-bond donors (Lipinski definition) is 3. The molecule has 4 N–H and O–H groups in total. The minimum Gasteiger partial charge on any atom is -0.463 e. The van der Waals surface area contributed by atoms with Crippen LogP contribution in [0.15, 0.2) is 30.3 Å². The SMILES string of the molecule is CC(=O)OCC(NC(=O)OCc1ccccc1)C(=O)NCC(N)=O. The first kappa shape index (κ1) is 18.9. The van der Waals surface area contributed by atoms with Crippen molar-refractivity contribution < 1.29 is 28.7 Å². The van der Waals surface area contributed by atoms with Crippen molar-refractivity contribution in [2.24, 2.45) is 5.73 Å². The zero-order valence-corrected chi connectivity index (χ0v) is 13.1. The first-order chi connectivity index (χ1) is 11.4. The molecule has 9 nitrogen and oxygen atoms in total. The number of hydrogen-bond acceptors (Lipinski definition) is 6. The van der Waals surface area contributed by atoms with Crippen molar-refractivity contribution in [1.82, 2.24) is 10.6 Å². The highest BCUT2D eigenvalue weighted by atomic mass is 16.6. The number of benzene rings is 1. The van der Waals surface area contributed by atoms with Crippen molar-refractivity contribution in [1.29, 1.82) is 0 Å². The van der Waals surface area contributed by atoms with Gasteiger partial charge in [0.1, 0.15) is 19.3 Å². The van der Waals surface area contributed by atoms with E-state index in [0.717, 1.165) is 12.5 Å². The lowest BCUT2D eigenvalue weighted by atomic mass is 10.2. The Morgan fingerprint density at radius 2 is 1.79 bits per heavy atom. The summed E-state index contributed by atoms with van der Waals surface area (Å²) < 4.78 is 9.69. The fourth-order valence-electron chi connectivity index (χ4n) is 1.59. The number of nitrogens with two attached hydrogens (primary N) is 1. The van der Waals surface area contributed by atoms with E-state index in [1.165, 1.54) is 0 Å². The van der Waals surface area contributed by atoms with Crippen LogP contribution >= 0.6 is 0 Å². The number of amides is 3. The van der Waals surface area contributed by atoms with E-state index < -0.39 is 43.1 Å². The predicted molar refractivity (Wildman–Crippen MR) is 82.4 cm³/mol. The van der Waals surface area contributed by atoms with E-state index in [1.54, 1.807) is 24.3 Å². The summed E-state index contributed by atoms with van der Waals surface area (Å²) in [5, 5.41) is 4.47. The van der Waals surface area contributed by atoms with Crippen LogP contribution in [0.5, 0.6) is 0 Å². The standard InChI is InChI=1S/C15H19N3O6/c1-10(19)23-9-12(14(21)17-7-13(16)20)18-15(22)24-8-11-5-3-2-4-6-11/h2-6,12H,7-9H2,1H3,(H2,16,20)(H,17,21)(H,18,22). The number of primary amides is 1. The summed E-state index contributed by atoms with van der Waals surface area (Å²) in [6.07, 6.45) is -0.870. The molecule has 9 heteroatoms. The summed E-state index contributed by atoms with van der Waals surface area (Å²) in [5.41, 5.74) is 5.69. The van der Waals surface area contributed by atoms with Crippen molar-refractivity contribution in [2.75, 3.05) is 13.2 Å². The average molecular weight is 337 g/mol. The summed E-state index contributed by atoms with van der Waals surface area (Å²) in [5.74, 6) is -2.10. The third-order valence-corrected chi connectivity index (χ3v) is 2.71. The summed E-state index contributed by atoms with van der Waals surface area (Å²) in [4.78, 5) is 45.2. The minimum absolute atomic E-state index is 0.00979. The highest BCUT2D eigenvalue weighted by Gasteiger charge is 2.23. The number of carbonyl (C=O) groups excluding carboxylic acids is 4. The summed E-state index contributed by atoms with van der Waals surface area (Å²) in [7, 11) is 0. The Labute approximate surface area is 138 Å². The molecule has 0 radical (unpaired) electrons. The second-order valence-corrected chi connectivity index (χ2v) is 4.75. The van der Waals surface area contributed by atoms with Crippen molar-refractivity contribution in [3.05, 3.63) is 35.9 Å². The lowest BCUT2D eigenvalue weighted by molar-refractivity contribution is -0.143. The van der Waals surface area contributed by atoms with E-state index in [2.05, 4.69) is 10.6 Å². The lowest BCUT2D eigenvalue weighted by Crippen LogP contribution is -2.51. The van der Waals surface area contributed by atoms with Gasteiger partial charge in [-0.05, 0) is 5.56 Å². The summed E-state index contributed by atoms with van der Waals surface area (Å²) >= 11 is 0. The van der Waals surface area contributed by atoms with Gasteiger partial charge in [0.15, 0.2) is 0 Å².